The second-order valence-electron chi connectivity index (χ2n) is 11.1. The molecule has 3 aromatic rings. The summed E-state index contributed by atoms with van der Waals surface area (Å²) in [5, 5.41) is 0. The highest BCUT2D eigenvalue weighted by molar-refractivity contribution is 5.74. The van der Waals surface area contributed by atoms with E-state index in [2.05, 4.69) is 25.3 Å². The van der Waals surface area contributed by atoms with Crippen LogP contribution in [0.2, 0.25) is 0 Å². The van der Waals surface area contributed by atoms with Gasteiger partial charge in [-0.05, 0) is 110 Å². The number of halogens is 3. The van der Waals surface area contributed by atoms with Crippen LogP contribution < -0.4 is 4.74 Å². The molecule has 3 aromatic carbocycles. The molecule has 5 rings (SSSR count). The van der Waals surface area contributed by atoms with E-state index in [4.69, 9.17) is 4.74 Å². The molecule has 1 unspecified atom stereocenters. The minimum atomic E-state index is -1.01. The predicted octanol–water partition coefficient (Wildman–Crippen LogP) is 10.6. The van der Waals surface area contributed by atoms with E-state index in [1.807, 2.05) is 12.1 Å². The van der Waals surface area contributed by atoms with E-state index in [1.54, 1.807) is 36.4 Å². The molecule has 40 heavy (non-hydrogen) atoms. The van der Waals surface area contributed by atoms with Gasteiger partial charge in [0.15, 0.2) is 11.6 Å². The third kappa shape index (κ3) is 6.11. The van der Waals surface area contributed by atoms with E-state index in [1.165, 1.54) is 37.8 Å². The highest BCUT2D eigenvalue weighted by atomic mass is 19.2. The van der Waals surface area contributed by atoms with Crippen LogP contribution in [0.25, 0.3) is 27.8 Å². The van der Waals surface area contributed by atoms with Crippen molar-refractivity contribution in [2.75, 3.05) is 6.61 Å². The van der Waals surface area contributed by atoms with Crippen molar-refractivity contribution < 1.29 is 17.9 Å². The molecule has 1 fully saturated rings. The van der Waals surface area contributed by atoms with Crippen LogP contribution in [0.1, 0.15) is 56.9 Å². The SMILES string of the molecule is C=CCCOc1ccc(-c2ccc(-c3ccc(C4=CCC(C5CCC(C=C)CC5)CC4)c(F)c3)cc2)c(F)c1F. The number of hydrogen-bond acceptors (Lipinski definition) is 1. The Balaban J connectivity index is 1.26. The Labute approximate surface area is 236 Å². The highest BCUT2D eigenvalue weighted by Crippen LogP contribution is 2.42. The summed E-state index contributed by atoms with van der Waals surface area (Å²) in [6.45, 7) is 7.78. The van der Waals surface area contributed by atoms with Gasteiger partial charge in [0.25, 0.3) is 0 Å². The zero-order chi connectivity index (χ0) is 28.1. The van der Waals surface area contributed by atoms with Crippen LogP contribution in [-0.2, 0) is 0 Å². The Morgan fingerprint density at radius 3 is 2.10 bits per heavy atom. The van der Waals surface area contributed by atoms with Gasteiger partial charge in [0.2, 0.25) is 5.82 Å². The lowest BCUT2D eigenvalue weighted by atomic mass is 9.71. The van der Waals surface area contributed by atoms with Crippen molar-refractivity contribution in [3.8, 4) is 28.0 Å². The largest absolute Gasteiger partial charge is 0.490 e. The number of ether oxygens (including phenoxy) is 1. The summed E-state index contributed by atoms with van der Waals surface area (Å²) in [7, 11) is 0. The van der Waals surface area contributed by atoms with Gasteiger partial charge in [-0.15, -0.1) is 13.2 Å². The van der Waals surface area contributed by atoms with Crippen LogP contribution in [0.3, 0.4) is 0 Å². The van der Waals surface area contributed by atoms with Gasteiger partial charge in [-0.3, -0.25) is 0 Å². The molecule has 0 aromatic heterocycles. The average molecular weight is 543 g/mol. The van der Waals surface area contributed by atoms with Gasteiger partial charge >= 0.3 is 0 Å². The quantitative estimate of drug-likeness (QED) is 0.193. The molecule has 1 saturated carbocycles. The van der Waals surface area contributed by atoms with Crippen LogP contribution in [0.15, 0.2) is 86.0 Å². The van der Waals surface area contributed by atoms with Gasteiger partial charge in [-0.1, -0.05) is 54.6 Å². The summed E-state index contributed by atoms with van der Waals surface area (Å²) in [5.41, 5.74) is 4.03. The van der Waals surface area contributed by atoms with E-state index >= 15 is 4.39 Å². The van der Waals surface area contributed by atoms with Crippen LogP contribution in [0.4, 0.5) is 13.2 Å². The first-order valence-corrected chi connectivity index (χ1v) is 14.4. The minimum Gasteiger partial charge on any atom is -0.490 e. The Morgan fingerprint density at radius 1 is 0.750 bits per heavy atom. The number of hydrogen-bond donors (Lipinski definition) is 0. The topological polar surface area (TPSA) is 9.23 Å². The highest BCUT2D eigenvalue weighted by Gasteiger charge is 2.28. The van der Waals surface area contributed by atoms with Crippen molar-refractivity contribution in [3.63, 3.8) is 0 Å². The average Bonchev–Trinajstić information content (AvgIpc) is 3.00. The molecule has 0 amide bonds. The molecule has 0 N–H and O–H groups in total. The molecule has 2 aliphatic rings. The molecule has 1 nitrogen and oxygen atoms in total. The third-order valence-corrected chi connectivity index (χ3v) is 8.74. The fourth-order valence-corrected chi connectivity index (χ4v) is 6.30. The van der Waals surface area contributed by atoms with Gasteiger partial charge in [0, 0.05) is 11.1 Å². The molecule has 0 saturated heterocycles. The van der Waals surface area contributed by atoms with Crippen molar-refractivity contribution in [2.45, 2.75) is 51.4 Å². The molecular formula is C36H37F3O. The van der Waals surface area contributed by atoms with Gasteiger partial charge in [0.05, 0.1) is 6.61 Å². The smallest absolute Gasteiger partial charge is 0.201 e. The maximum absolute atomic E-state index is 15.3. The van der Waals surface area contributed by atoms with Crippen molar-refractivity contribution in [2.24, 2.45) is 17.8 Å². The first-order chi connectivity index (χ1) is 19.5. The van der Waals surface area contributed by atoms with E-state index < -0.39 is 11.6 Å². The summed E-state index contributed by atoms with van der Waals surface area (Å²) in [6, 6.07) is 15.4. The molecular weight excluding hydrogens is 505 g/mol. The van der Waals surface area contributed by atoms with Gasteiger partial charge in [0.1, 0.15) is 5.82 Å². The zero-order valence-electron chi connectivity index (χ0n) is 23.0. The van der Waals surface area contributed by atoms with Crippen molar-refractivity contribution in [3.05, 3.63) is 109 Å². The fraction of sp³-hybridized carbons (Fsp3) is 0.333. The molecule has 0 aliphatic heterocycles. The van der Waals surface area contributed by atoms with Crippen molar-refractivity contribution in [1.29, 1.82) is 0 Å². The molecule has 208 valence electrons. The maximum atomic E-state index is 15.3. The molecule has 0 spiro atoms. The van der Waals surface area contributed by atoms with Crippen molar-refractivity contribution in [1.82, 2.24) is 0 Å². The van der Waals surface area contributed by atoms with Gasteiger partial charge in [-0.2, -0.15) is 4.39 Å². The minimum absolute atomic E-state index is 0.116. The predicted molar refractivity (Wildman–Crippen MR) is 158 cm³/mol. The lowest BCUT2D eigenvalue weighted by Gasteiger charge is -2.34. The van der Waals surface area contributed by atoms with Gasteiger partial charge in [-0.25, -0.2) is 8.78 Å². The summed E-state index contributed by atoms with van der Waals surface area (Å²) in [6.07, 6.45) is 14.7. The van der Waals surface area contributed by atoms with E-state index in [-0.39, 0.29) is 23.7 Å². The summed E-state index contributed by atoms with van der Waals surface area (Å²) < 4.78 is 49.9. The summed E-state index contributed by atoms with van der Waals surface area (Å²) in [4.78, 5) is 0. The Hall–Kier alpha value is -3.53. The monoisotopic (exact) mass is 542 g/mol. The standard InChI is InChI=1S/C36H37F3O/c1-3-5-22-40-34-21-20-32(35(38)36(34)39)29-16-12-27(13-17-29)30-18-19-31(33(37)23-30)28-14-10-26(11-15-28)25-8-6-24(4-2)7-9-25/h3-4,12-14,16-21,23-26H,1-2,5-11,15,22H2. The summed E-state index contributed by atoms with van der Waals surface area (Å²) >= 11 is 0. The first-order valence-electron chi connectivity index (χ1n) is 14.4. The molecule has 0 radical (unpaired) electrons. The van der Waals surface area contributed by atoms with E-state index in [9.17, 15) is 8.78 Å². The second-order valence-corrected chi connectivity index (χ2v) is 11.1. The lowest BCUT2D eigenvalue weighted by molar-refractivity contribution is 0.212. The van der Waals surface area contributed by atoms with Crippen LogP contribution >= 0.6 is 0 Å². The molecule has 1 atom stereocenters. The fourth-order valence-electron chi connectivity index (χ4n) is 6.30. The number of benzene rings is 3. The molecule has 0 bridgehead atoms. The van der Waals surface area contributed by atoms with E-state index in [0.717, 1.165) is 41.9 Å². The van der Waals surface area contributed by atoms with Crippen LogP contribution in [-0.4, -0.2) is 6.61 Å². The van der Waals surface area contributed by atoms with Crippen molar-refractivity contribution >= 4 is 5.57 Å². The van der Waals surface area contributed by atoms with Crippen LogP contribution in [0.5, 0.6) is 5.75 Å². The second kappa shape index (κ2) is 12.8. The first kappa shape index (κ1) is 28.0. The summed E-state index contributed by atoms with van der Waals surface area (Å²) in [5.74, 6) is -0.138. The Morgan fingerprint density at radius 2 is 1.45 bits per heavy atom. The number of rotatable bonds is 9. The third-order valence-electron chi connectivity index (χ3n) is 8.74. The normalized spacial score (nSPS) is 21.0. The number of allylic oxidation sites excluding steroid dienone is 3. The molecule has 2 aliphatic carbocycles. The van der Waals surface area contributed by atoms with E-state index in [0.29, 0.717) is 29.4 Å². The zero-order valence-corrected chi connectivity index (χ0v) is 23.0. The Bertz CT molecular complexity index is 1380. The Kier molecular flexibility index (Phi) is 8.94. The maximum Gasteiger partial charge on any atom is 0.201 e. The van der Waals surface area contributed by atoms with Gasteiger partial charge < -0.3 is 4.74 Å². The lowest BCUT2D eigenvalue weighted by Crippen LogP contribution is -2.22. The van der Waals surface area contributed by atoms with Crippen LogP contribution in [0, 0.1) is 35.2 Å². The molecule has 4 heteroatoms. The molecule has 0 heterocycles.